The summed E-state index contributed by atoms with van der Waals surface area (Å²) in [5.74, 6) is 0.0801. The average Bonchev–Trinajstić information content (AvgIpc) is 1.99. The van der Waals surface area contributed by atoms with Crippen LogP contribution in [0.25, 0.3) is 0 Å². The van der Waals surface area contributed by atoms with Gasteiger partial charge in [0.1, 0.15) is 0 Å². The Hall–Kier alpha value is 0.180. The van der Waals surface area contributed by atoms with E-state index in [0.717, 1.165) is 0 Å². The van der Waals surface area contributed by atoms with Crippen LogP contribution in [0, 0.1) is 0 Å². The van der Waals surface area contributed by atoms with Crippen LogP contribution >= 0.6 is 19.2 Å². The summed E-state index contributed by atoms with van der Waals surface area (Å²) in [6.45, 7) is 10.8. The Bertz CT molecular complexity index is 224. The van der Waals surface area contributed by atoms with Crippen molar-refractivity contribution in [3.05, 3.63) is 11.9 Å². The second-order valence-corrected chi connectivity index (χ2v) is 5.82. The minimum absolute atomic E-state index is 0.0801. The van der Waals surface area contributed by atoms with E-state index in [1.165, 1.54) is 0 Å². The maximum absolute atomic E-state index is 12.1. The number of allylic oxidation sites excluding steroid dienone is 1. The maximum atomic E-state index is 12.1. The molecule has 5 heteroatoms. The van der Waals surface area contributed by atoms with E-state index in [9.17, 15) is 4.57 Å². The van der Waals surface area contributed by atoms with E-state index in [2.05, 4.69) is 6.58 Å². The summed E-state index contributed by atoms with van der Waals surface area (Å²) in [7, 11) is -3.25. The van der Waals surface area contributed by atoms with Gasteiger partial charge in [-0.05, 0) is 27.7 Å². The molecular weight excluding hydrogens is 223 g/mol. The Balaban J connectivity index is 4.67. The van der Waals surface area contributed by atoms with Crippen LogP contribution in [-0.4, -0.2) is 18.1 Å². The van der Waals surface area contributed by atoms with E-state index in [0.29, 0.717) is 5.31 Å². The SMILES string of the molecule is C=C(CCl)P(=O)(OC(C)C)OC(C)C. The molecule has 0 aromatic carbocycles. The van der Waals surface area contributed by atoms with E-state index in [-0.39, 0.29) is 18.1 Å². The standard InChI is InChI=1S/C9H18ClO3P/c1-7(2)12-14(11,9(5)6-10)13-8(3)4/h7-8H,5-6H2,1-4H3. The molecule has 0 aromatic heterocycles. The van der Waals surface area contributed by atoms with Crippen LogP contribution in [-0.2, 0) is 13.6 Å². The largest absolute Gasteiger partial charge is 0.358 e. The molecule has 0 saturated carbocycles. The molecule has 0 amide bonds. The predicted molar refractivity (Wildman–Crippen MR) is 59.9 cm³/mol. The lowest BCUT2D eigenvalue weighted by Crippen LogP contribution is -2.09. The van der Waals surface area contributed by atoms with Crippen molar-refractivity contribution in [3.63, 3.8) is 0 Å². The van der Waals surface area contributed by atoms with Gasteiger partial charge in [0.15, 0.2) is 0 Å². The van der Waals surface area contributed by atoms with Crippen LogP contribution in [0.5, 0.6) is 0 Å². The van der Waals surface area contributed by atoms with Crippen LogP contribution in [0.4, 0.5) is 0 Å². The van der Waals surface area contributed by atoms with Gasteiger partial charge >= 0.3 is 7.60 Å². The Morgan fingerprint density at radius 2 is 1.64 bits per heavy atom. The first kappa shape index (κ1) is 14.2. The number of rotatable bonds is 6. The molecule has 0 bridgehead atoms. The highest BCUT2D eigenvalue weighted by molar-refractivity contribution is 7.58. The lowest BCUT2D eigenvalue weighted by atomic mass is 10.5. The average molecular weight is 241 g/mol. The molecule has 0 aliphatic rings. The van der Waals surface area contributed by atoms with E-state index < -0.39 is 7.60 Å². The molecule has 84 valence electrons. The summed E-state index contributed by atoms with van der Waals surface area (Å²) < 4.78 is 22.6. The summed E-state index contributed by atoms with van der Waals surface area (Å²) in [4.78, 5) is 0. The Morgan fingerprint density at radius 1 is 1.29 bits per heavy atom. The molecule has 0 N–H and O–H groups in total. The molecular formula is C9H18ClO3P. The fourth-order valence-corrected chi connectivity index (χ4v) is 2.85. The van der Waals surface area contributed by atoms with Gasteiger partial charge in [-0.3, -0.25) is 4.57 Å². The molecule has 3 nitrogen and oxygen atoms in total. The molecule has 0 saturated heterocycles. The molecule has 0 fully saturated rings. The van der Waals surface area contributed by atoms with Crippen LogP contribution in [0.3, 0.4) is 0 Å². The number of halogens is 1. The Morgan fingerprint density at radius 3 is 1.86 bits per heavy atom. The zero-order valence-electron chi connectivity index (χ0n) is 9.12. The summed E-state index contributed by atoms with van der Waals surface area (Å²) >= 11 is 5.57. The van der Waals surface area contributed by atoms with Gasteiger partial charge in [-0.2, -0.15) is 0 Å². The maximum Gasteiger partial charge on any atom is 0.358 e. The van der Waals surface area contributed by atoms with E-state index in [1.54, 1.807) is 27.7 Å². The van der Waals surface area contributed by atoms with Crippen molar-refractivity contribution in [3.8, 4) is 0 Å². The van der Waals surface area contributed by atoms with Crippen molar-refractivity contribution >= 4 is 19.2 Å². The molecule has 0 spiro atoms. The summed E-state index contributed by atoms with van der Waals surface area (Å²) in [6, 6.07) is 0. The third-order valence-corrected chi connectivity index (χ3v) is 4.08. The van der Waals surface area contributed by atoms with Crippen molar-refractivity contribution < 1.29 is 13.6 Å². The van der Waals surface area contributed by atoms with Gasteiger partial charge in [-0.15, -0.1) is 11.6 Å². The van der Waals surface area contributed by atoms with Gasteiger partial charge in [0.05, 0.1) is 18.1 Å². The van der Waals surface area contributed by atoms with Gasteiger partial charge < -0.3 is 9.05 Å². The normalized spacial score (nSPS) is 12.5. The summed E-state index contributed by atoms with van der Waals surface area (Å²) in [5, 5.41) is 0.307. The summed E-state index contributed by atoms with van der Waals surface area (Å²) in [6.07, 6.45) is -0.362. The van der Waals surface area contributed by atoms with Gasteiger partial charge in [0.25, 0.3) is 0 Å². The lowest BCUT2D eigenvalue weighted by molar-refractivity contribution is 0.147. The Kier molecular flexibility index (Phi) is 5.99. The molecule has 0 aromatic rings. The summed E-state index contributed by atoms with van der Waals surface area (Å²) in [5.41, 5.74) is 0. The minimum atomic E-state index is -3.25. The molecule has 0 heterocycles. The Labute approximate surface area is 91.0 Å². The highest BCUT2D eigenvalue weighted by Gasteiger charge is 2.30. The predicted octanol–water partition coefficient (Wildman–Crippen LogP) is 3.78. The van der Waals surface area contributed by atoms with Crippen molar-refractivity contribution in [2.24, 2.45) is 0 Å². The number of alkyl halides is 1. The first-order valence-corrected chi connectivity index (χ1v) is 6.60. The molecule has 0 aliphatic heterocycles. The lowest BCUT2D eigenvalue weighted by Gasteiger charge is -2.23. The van der Waals surface area contributed by atoms with Crippen molar-refractivity contribution in [2.45, 2.75) is 39.9 Å². The monoisotopic (exact) mass is 240 g/mol. The van der Waals surface area contributed by atoms with Crippen molar-refractivity contribution in [2.75, 3.05) is 5.88 Å². The van der Waals surface area contributed by atoms with Gasteiger partial charge in [-0.1, -0.05) is 6.58 Å². The van der Waals surface area contributed by atoms with Crippen molar-refractivity contribution in [1.29, 1.82) is 0 Å². The minimum Gasteiger partial charge on any atom is -0.303 e. The fourth-order valence-electron chi connectivity index (χ4n) is 0.802. The zero-order chi connectivity index (χ0) is 11.4. The van der Waals surface area contributed by atoms with Crippen LogP contribution in [0.2, 0.25) is 0 Å². The second-order valence-electron chi connectivity index (χ2n) is 3.51. The van der Waals surface area contributed by atoms with Crippen LogP contribution < -0.4 is 0 Å². The van der Waals surface area contributed by atoms with Gasteiger partial charge in [-0.25, -0.2) is 0 Å². The topological polar surface area (TPSA) is 35.5 Å². The van der Waals surface area contributed by atoms with E-state index in [4.69, 9.17) is 20.6 Å². The van der Waals surface area contributed by atoms with Crippen LogP contribution in [0.15, 0.2) is 11.9 Å². The third kappa shape index (κ3) is 4.61. The molecule has 0 atom stereocenters. The smallest absolute Gasteiger partial charge is 0.303 e. The van der Waals surface area contributed by atoms with Gasteiger partial charge in [0.2, 0.25) is 0 Å². The molecule has 0 unspecified atom stereocenters. The van der Waals surface area contributed by atoms with E-state index >= 15 is 0 Å². The fraction of sp³-hybridized carbons (Fsp3) is 0.778. The zero-order valence-corrected chi connectivity index (χ0v) is 10.8. The highest BCUT2D eigenvalue weighted by atomic mass is 35.5. The molecule has 0 rings (SSSR count). The quantitative estimate of drug-likeness (QED) is 0.524. The van der Waals surface area contributed by atoms with E-state index in [1.807, 2.05) is 0 Å². The molecule has 0 aliphatic carbocycles. The molecule has 0 radical (unpaired) electrons. The number of hydrogen-bond acceptors (Lipinski definition) is 3. The highest BCUT2D eigenvalue weighted by Crippen LogP contribution is 2.57. The van der Waals surface area contributed by atoms with Gasteiger partial charge in [0, 0.05) is 5.31 Å². The first-order valence-electron chi connectivity index (χ1n) is 4.53. The van der Waals surface area contributed by atoms with Crippen molar-refractivity contribution in [1.82, 2.24) is 0 Å². The number of hydrogen-bond donors (Lipinski definition) is 0. The third-order valence-electron chi connectivity index (χ3n) is 1.24. The molecule has 14 heavy (non-hydrogen) atoms. The first-order chi connectivity index (χ1) is 6.31. The van der Waals surface area contributed by atoms with Crippen LogP contribution in [0.1, 0.15) is 27.7 Å². The second kappa shape index (κ2) is 5.92.